The molecule has 4 nitrogen and oxygen atoms in total. The Morgan fingerprint density at radius 3 is 2.13 bits per heavy atom. The molecule has 118 valence electrons. The van der Waals surface area contributed by atoms with E-state index in [1.54, 1.807) is 30.3 Å². The summed E-state index contributed by atoms with van der Waals surface area (Å²) < 4.78 is 27.1. The maximum absolute atomic E-state index is 13.0. The van der Waals surface area contributed by atoms with E-state index in [2.05, 4.69) is 0 Å². The molecule has 2 aromatic carbocycles. The predicted octanol–water partition coefficient (Wildman–Crippen LogP) is 3.66. The fraction of sp³-hybridized carbons (Fsp3) is 0.222. The first kappa shape index (κ1) is 14.5. The summed E-state index contributed by atoms with van der Waals surface area (Å²) in [6, 6.07) is 17.6. The van der Waals surface area contributed by atoms with Gasteiger partial charge in [0.1, 0.15) is 11.8 Å². The van der Waals surface area contributed by atoms with Gasteiger partial charge in [0.15, 0.2) is 0 Å². The van der Waals surface area contributed by atoms with Crippen LogP contribution in [0, 0.1) is 5.92 Å². The van der Waals surface area contributed by atoms with Gasteiger partial charge in [-0.15, -0.1) is 0 Å². The Morgan fingerprint density at radius 2 is 1.52 bits per heavy atom. The predicted molar refractivity (Wildman–Crippen MR) is 86.5 cm³/mol. The molecule has 1 atom stereocenters. The third-order valence-corrected chi connectivity index (χ3v) is 5.79. The molecule has 0 radical (unpaired) electrons. The largest absolute Gasteiger partial charge is 0.394 e. The molecule has 1 saturated carbocycles. The molecule has 0 aromatic heterocycles. The average molecular weight is 327 g/mol. The van der Waals surface area contributed by atoms with Gasteiger partial charge in [-0.25, -0.2) is 8.42 Å². The lowest BCUT2D eigenvalue weighted by atomic mass is 10.1. The first-order valence-electron chi connectivity index (χ1n) is 7.70. The van der Waals surface area contributed by atoms with Gasteiger partial charge in [-0.1, -0.05) is 48.5 Å². The number of hydroxylamine groups is 1. The zero-order chi connectivity index (χ0) is 15.9. The summed E-state index contributed by atoms with van der Waals surface area (Å²) in [5, 5.41) is 0. The van der Waals surface area contributed by atoms with Gasteiger partial charge in [-0.05, 0) is 41.1 Å². The molecule has 2 aliphatic rings. The zero-order valence-electron chi connectivity index (χ0n) is 12.5. The second-order valence-corrected chi connectivity index (χ2v) is 7.65. The Morgan fingerprint density at radius 1 is 0.913 bits per heavy atom. The first-order chi connectivity index (χ1) is 11.2. The third kappa shape index (κ3) is 2.66. The van der Waals surface area contributed by atoms with Crippen LogP contribution in [-0.4, -0.2) is 12.9 Å². The molecular weight excluding hydrogens is 310 g/mol. The normalized spacial score (nSPS) is 21.7. The van der Waals surface area contributed by atoms with Gasteiger partial charge in [-0.3, -0.25) is 0 Å². The van der Waals surface area contributed by atoms with Crippen LogP contribution in [0.5, 0.6) is 0 Å². The van der Waals surface area contributed by atoms with Crippen molar-refractivity contribution < 1.29 is 13.3 Å². The van der Waals surface area contributed by atoms with Gasteiger partial charge >= 0.3 is 0 Å². The molecule has 4 rings (SSSR count). The van der Waals surface area contributed by atoms with E-state index >= 15 is 0 Å². The maximum atomic E-state index is 13.0. The van der Waals surface area contributed by atoms with E-state index in [0.29, 0.717) is 5.92 Å². The van der Waals surface area contributed by atoms with Gasteiger partial charge in [0.05, 0.1) is 4.90 Å². The van der Waals surface area contributed by atoms with E-state index in [-0.39, 0.29) is 4.90 Å². The van der Waals surface area contributed by atoms with Crippen LogP contribution < -0.4 is 0 Å². The monoisotopic (exact) mass is 327 g/mol. The molecule has 0 N–H and O–H groups in total. The highest BCUT2D eigenvalue weighted by atomic mass is 32.2. The molecule has 5 heteroatoms. The van der Waals surface area contributed by atoms with E-state index in [0.717, 1.165) is 28.6 Å². The highest BCUT2D eigenvalue weighted by Gasteiger charge is 2.43. The molecule has 1 aliphatic heterocycles. The van der Waals surface area contributed by atoms with Crippen LogP contribution in [-0.2, 0) is 14.9 Å². The molecule has 0 spiro atoms. The highest BCUT2D eigenvalue weighted by Crippen LogP contribution is 2.45. The van der Waals surface area contributed by atoms with Gasteiger partial charge in [0.2, 0.25) is 0 Å². The number of nitrogens with zero attached hydrogens (tertiary/aromatic N) is 1. The van der Waals surface area contributed by atoms with Crippen LogP contribution in [0.4, 0.5) is 0 Å². The molecule has 0 saturated heterocycles. The van der Waals surface area contributed by atoms with Crippen LogP contribution in [0.1, 0.15) is 24.4 Å². The molecule has 23 heavy (non-hydrogen) atoms. The zero-order valence-corrected chi connectivity index (χ0v) is 13.3. The van der Waals surface area contributed by atoms with E-state index in [9.17, 15) is 8.42 Å². The Kier molecular flexibility index (Phi) is 3.47. The van der Waals surface area contributed by atoms with Crippen molar-refractivity contribution in [1.29, 1.82) is 0 Å². The summed E-state index contributed by atoms with van der Waals surface area (Å²) in [4.78, 5) is 6.02. The summed E-state index contributed by atoms with van der Waals surface area (Å²) in [6.07, 6.45) is 4.06. The van der Waals surface area contributed by atoms with Crippen molar-refractivity contribution in [3.8, 4) is 0 Å². The van der Waals surface area contributed by atoms with Crippen molar-refractivity contribution in [3.63, 3.8) is 0 Å². The SMILES string of the molecule is O=S(=O)(c1ccccc1)N1OC(C2CC2)=CC1c1ccccc1. The second kappa shape index (κ2) is 5.51. The molecule has 0 amide bonds. The van der Waals surface area contributed by atoms with Gasteiger partial charge < -0.3 is 4.84 Å². The van der Waals surface area contributed by atoms with E-state index in [4.69, 9.17) is 4.84 Å². The molecule has 1 aliphatic carbocycles. The van der Waals surface area contributed by atoms with Crippen molar-refractivity contribution in [1.82, 2.24) is 4.47 Å². The Labute approximate surface area is 136 Å². The molecule has 1 heterocycles. The Hall–Kier alpha value is -2.11. The lowest BCUT2D eigenvalue weighted by molar-refractivity contribution is -0.0375. The lowest BCUT2D eigenvalue weighted by Crippen LogP contribution is -2.30. The molecular formula is C18H17NO3S. The molecule has 1 unspecified atom stereocenters. The standard InChI is InChI=1S/C18H17NO3S/c20-23(21,16-9-5-2-6-10-16)19-17(14-7-3-1-4-8-14)13-18(22-19)15-11-12-15/h1-10,13,15,17H,11-12H2. The van der Waals surface area contributed by atoms with Crippen LogP contribution in [0.3, 0.4) is 0 Å². The average Bonchev–Trinajstić information content (AvgIpc) is 3.34. The molecule has 1 fully saturated rings. The molecule has 2 aromatic rings. The third-order valence-electron chi connectivity index (χ3n) is 4.14. The minimum atomic E-state index is -3.72. The first-order valence-corrected chi connectivity index (χ1v) is 9.14. The van der Waals surface area contributed by atoms with Crippen LogP contribution in [0.25, 0.3) is 0 Å². The van der Waals surface area contributed by atoms with Crippen molar-refractivity contribution in [2.45, 2.75) is 23.8 Å². The summed E-state index contributed by atoms with van der Waals surface area (Å²) >= 11 is 0. The van der Waals surface area contributed by atoms with Crippen molar-refractivity contribution >= 4 is 10.0 Å². The van der Waals surface area contributed by atoms with E-state index in [1.165, 1.54) is 0 Å². The number of hydrogen-bond donors (Lipinski definition) is 0. The highest BCUT2D eigenvalue weighted by molar-refractivity contribution is 7.89. The van der Waals surface area contributed by atoms with Crippen molar-refractivity contribution in [2.75, 3.05) is 0 Å². The molecule has 0 bridgehead atoms. The number of hydrogen-bond acceptors (Lipinski definition) is 3. The van der Waals surface area contributed by atoms with Gasteiger partial charge in [-0.2, -0.15) is 0 Å². The Bertz CT molecular complexity index is 827. The summed E-state index contributed by atoms with van der Waals surface area (Å²) in [7, 11) is -3.72. The fourth-order valence-electron chi connectivity index (χ4n) is 2.75. The number of benzene rings is 2. The van der Waals surface area contributed by atoms with Crippen LogP contribution in [0.2, 0.25) is 0 Å². The topological polar surface area (TPSA) is 46.6 Å². The van der Waals surface area contributed by atoms with Crippen LogP contribution >= 0.6 is 0 Å². The number of sulfonamides is 1. The smallest absolute Gasteiger partial charge is 0.274 e. The van der Waals surface area contributed by atoms with Gasteiger partial charge in [0, 0.05) is 5.92 Å². The quantitative estimate of drug-likeness (QED) is 0.861. The van der Waals surface area contributed by atoms with Gasteiger partial charge in [0.25, 0.3) is 10.0 Å². The Balaban J connectivity index is 1.75. The summed E-state index contributed by atoms with van der Waals surface area (Å²) in [5.41, 5.74) is 0.905. The van der Waals surface area contributed by atoms with E-state index < -0.39 is 16.1 Å². The van der Waals surface area contributed by atoms with E-state index in [1.807, 2.05) is 36.4 Å². The lowest BCUT2D eigenvalue weighted by Gasteiger charge is -2.23. The minimum Gasteiger partial charge on any atom is -0.394 e. The summed E-state index contributed by atoms with van der Waals surface area (Å²) in [6.45, 7) is 0. The van der Waals surface area contributed by atoms with Crippen molar-refractivity contribution in [3.05, 3.63) is 78.1 Å². The summed E-state index contributed by atoms with van der Waals surface area (Å²) in [5.74, 6) is 1.13. The fourth-order valence-corrected chi connectivity index (χ4v) is 4.12. The van der Waals surface area contributed by atoms with Crippen molar-refractivity contribution in [2.24, 2.45) is 5.92 Å². The maximum Gasteiger partial charge on any atom is 0.274 e. The number of allylic oxidation sites excluding steroid dienone is 1. The minimum absolute atomic E-state index is 0.242. The second-order valence-electron chi connectivity index (χ2n) is 5.86. The van der Waals surface area contributed by atoms with Crippen LogP contribution in [0.15, 0.2) is 77.4 Å². The number of rotatable bonds is 4.